The molecule has 0 saturated heterocycles. The molecule has 0 amide bonds. The zero-order valence-corrected chi connectivity index (χ0v) is 11.2. The van der Waals surface area contributed by atoms with E-state index in [0.29, 0.717) is 17.2 Å². The number of ether oxygens (including phenoxy) is 3. The Labute approximate surface area is 114 Å². The molecule has 1 aromatic rings. The lowest BCUT2D eigenvalue weighted by atomic mass is 10.2. The van der Waals surface area contributed by atoms with Crippen LogP contribution in [0.4, 0.5) is 0 Å². The Bertz CT molecular complexity index is 450. The number of nitrogens with two attached hydrogens (primary N) is 2. The molecule has 5 N–H and O–H groups in total. The van der Waals surface area contributed by atoms with E-state index in [1.165, 1.54) is 33.5 Å². The van der Waals surface area contributed by atoms with Gasteiger partial charge in [-0.3, -0.25) is 10.2 Å². The van der Waals surface area contributed by atoms with Crippen LogP contribution < -0.4 is 30.5 Å². The van der Waals surface area contributed by atoms with Gasteiger partial charge in [-0.05, 0) is 0 Å². The fourth-order valence-corrected chi connectivity index (χ4v) is 1.20. The van der Waals surface area contributed by atoms with Gasteiger partial charge in [-0.1, -0.05) is 0 Å². The molecule has 0 aliphatic heterocycles. The number of hydrogen-bond acceptors (Lipinski definition) is 7. The summed E-state index contributed by atoms with van der Waals surface area (Å²) in [4.78, 5) is 14.5. The number of hydrogen-bond donors (Lipinski definition) is 3. The van der Waals surface area contributed by atoms with Crippen LogP contribution in [0.15, 0.2) is 12.1 Å². The number of nitrogens with one attached hydrogen (secondary N) is 1. The van der Waals surface area contributed by atoms with Crippen molar-refractivity contribution < 1.29 is 24.1 Å². The lowest BCUT2D eigenvalue weighted by molar-refractivity contribution is -0.711. The van der Waals surface area contributed by atoms with Crippen molar-refractivity contribution in [2.45, 2.75) is 0 Å². The highest BCUT2D eigenvalue weighted by Gasteiger charge is 2.14. The minimum Gasteiger partial charge on any atom is -0.493 e. The SMILES string of the molecule is COc1cc(O[N+](=O)[O-])cc(OC)c1OC.N=C(N)N. The van der Waals surface area contributed by atoms with E-state index >= 15 is 0 Å². The molecule has 10 nitrogen and oxygen atoms in total. The zero-order valence-electron chi connectivity index (χ0n) is 11.2. The van der Waals surface area contributed by atoms with Gasteiger partial charge in [0.05, 0.1) is 21.3 Å². The number of benzene rings is 1. The second kappa shape index (κ2) is 8.24. The van der Waals surface area contributed by atoms with Gasteiger partial charge in [0.1, 0.15) is 5.75 Å². The van der Waals surface area contributed by atoms with E-state index in [1.807, 2.05) is 0 Å². The standard InChI is InChI=1S/C9H11NO6.CH5N3/c1-13-7-4-6(16-10(11)12)5-8(14-2)9(7)15-3;2-1(3)4/h4-5H,1-3H3;(H5,2,3,4). The smallest absolute Gasteiger partial charge is 0.299 e. The first-order valence-corrected chi connectivity index (χ1v) is 5.07. The molecule has 0 saturated carbocycles. The van der Waals surface area contributed by atoms with Gasteiger partial charge >= 0.3 is 0 Å². The average Bonchev–Trinajstić information content (AvgIpc) is 2.36. The van der Waals surface area contributed by atoms with Crippen LogP contribution in [0.5, 0.6) is 23.0 Å². The summed E-state index contributed by atoms with van der Waals surface area (Å²) in [6, 6.07) is 2.67. The summed E-state index contributed by atoms with van der Waals surface area (Å²) in [6.07, 6.45) is 0. The monoisotopic (exact) mass is 288 g/mol. The minimum atomic E-state index is -0.916. The van der Waals surface area contributed by atoms with Crippen LogP contribution in [0.1, 0.15) is 0 Å². The molecule has 0 aliphatic rings. The van der Waals surface area contributed by atoms with Crippen LogP contribution in [-0.2, 0) is 0 Å². The largest absolute Gasteiger partial charge is 0.493 e. The summed E-state index contributed by atoms with van der Waals surface area (Å²) >= 11 is 0. The summed E-state index contributed by atoms with van der Waals surface area (Å²) in [7, 11) is 4.26. The molecular weight excluding hydrogens is 272 g/mol. The summed E-state index contributed by atoms with van der Waals surface area (Å²) in [5.74, 6) is 0.595. The highest BCUT2D eigenvalue weighted by Crippen LogP contribution is 2.40. The first-order valence-electron chi connectivity index (χ1n) is 5.07. The molecule has 0 radical (unpaired) electrons. The number of nitrogens with zero attached hydrogens (tertiary/aromatic N) is 1. The Hall–Kier alpha value is -2.91. The van der Waals surface area contributed by atoms with Crippen molar-refractivity contribution in [2.75, 3.05) is 21.3 Å². The zero-order chi connectivity index (χ0) is 15.7. The molecule has 0 bridgehead atoms. The second-order valence-electron chi connectivity index (χ2n) is 3.13. The van der Waals surface area contributed by atoms with Gasteiger partial charge in [-0.15, -0.1) is 10.1 Å². The fraction of sp³-hybridized carbons (Fsp3) is 0.300. The molecule has 1 rings (SSSR count). The third kappa shape index (κ3) is 5.62. The number of rotatable bonds is 5. The third-order valence-corrected chi connectivity index (χ3v) is 1.82. The molecule has 0 aromatic heterocycles. The Morgan fingerprint density at radius 3 is 1.80 bits per heavy atom. The van der Waals surface area contributed by atoms with Crippen molar-refractivity contribution in [1.82, 2.24) is 0 Å². The van der Waals surface area contributed by atoms with E-state index in [1.54, 1.807) is 0 Å². The lowest BCUT2D eigenvalue weighted by Crippen LogP contribution is -2.20. The maximum absolute atomic E-state index is 10.2. The maximum atomic E-state index is 10.2. The van der Waals surface area contributed by atoms with E-state index in [2.05, 4.69) is 16.3 Å². The summed E-state index contributed by atoms with van der Waals surface area (Å²) in [5.41, 5.74) is 8.94. The molecule has 0 atom stereocenters. The average molecular weight is 288 g/mol. The molecular formula is C10H16N4O6. The summed E-state index contributed by atoms with van der Waals surface area (Å²) in [5, 5.41) is 15.3. The molecule has 0 aliphatic carbocycles. The molecule has 0 fully saturated rings. The van der Waals surface area contributed by atoms with Gasteiger partial charge in [-0.25, -0.2) is 0 Å². The topological polar surface area (TPSA) is 156 Å². The van der Waals surface area contributed by atoms with Gasteiger partial charge in [0, 0.05) is 12.1 Å². The molecule has 20 heavy (non-hydrogen) atoms. The number of methoxy groups -OCH3 is 3. The third-order valence-electron chi connectivity index (χ3n) is 1.82. The van der Waals surface area contributed by atoms with Crippen LogP contribution in [0, 0.1) is 15.5 Å². The molecule has 0 heterocycles. The van der Waals surface area contributed by atoms with Crippen molar-refractivity contribution in [3.63, 3.8) is 0 Å². The normalized spacial score (nSPS) is 8.75. The van der Waals surface area contributed by atoms with Crippen LogP contribution in [0.2, 0.25) is 0 Å². The molecule has 0 spiro atoms. The Morgan fingerprint density at radius 1 is 1.15 bits per heavy atom. The van der Waals surface area contributed by atoms with Gasteiger partial charge in [0.25, 0.3) is 5.09 Å². The predicted octanol–water partition coefficient (Wildman–Crippen LogP) is 0.121. The van der Waals surface area contributed by atoms with E-state index in [0.717, 1.165) is 0 Å². The van der Waals surface area contributed by atoms with Gasteiger partial charge < -0.3 is 25.7 Å². The van der Waals surface area contributed by atoms with E-state index in [-0.39, 0.29) is 11.7 Å². The van der Waals surface area contributed by atoms with Gasteiger partial charge in [0.15, 0.2) is 17.5 Å². The quantitative estimate of drug-likeness (QED) is 0.298. The fourth-order valence-electron chi connectivity index (χ4n) is 1.20. The molecule has 112 valence electrons. The lowest BCUT2D eigenvalue weighted by Gasteiger charge is -2.12. The summed E-state index contributed by atoms with van der Waals surface area (Å²) in [6.45, 7) is 0. The van der Waals surface area contributed by atoms with Crippen molar-refractivity contribution in [3.05, 3.63) is 22.2 Å². The van der Waals surface area contributed by atoms with Crippen molar-refractivity contribution >= 4 is 5.96 Å². The highest BCUT2D eigenvalue weighted by molar-refractivity contribution is 5.71. The Balaban J connectivity index is 0.000000796. The molecule has 0 unspecified atom stereocenters. The first-order chi connectivity index (χ1) is 9.35. The predicted molar refractivity (Wildman–Crippen MR) is 69.8 cm³/mol. The van der Waals surface area contributed by atoms with Crippen molar-refractivity contribution in [3.8, 4) is 23.0 Å². The van der Waals surface area contributed by atoms with E-state index in [9.17, 15) is 10.1 Å². The van der Waals surface area contributed by atoms with Gasteiger partial charge in [0.2, 0.25) is 5.75 Å². The van der Waals surface area contributed by atoms with Crippen LogP contribution in [0.25, 0.3) is 0 Å². The van der Waals surface area contributed by atoms with Crippen molar-refractivity contribution in [2.24, 2.45) is 11.5 Å². The first kappa shape index (κ1) is 17.1. The number of guanidine groups is 1. The van der Waals surface area contributed by atoms with Gasteiger partial charge in [-0.2, -0.15) is 0 Å². The highest BCUT2D eigenvalue weighted by atomic mass is 17.0. The minimum absolute atomic E-state index is 0.000463. The van der Waals surface area contributed by atoms with Crippen LogP contribution in [-0.4, -0.2) is 32.4 Å². The van der Waals surface area contributed by atoms with Crippen molar-refractivity contribution in [1.29, 1.82) is 5.41 Å². The van der Waals surface area contributed by atoms with E-state index in [4.69, 9.17) is 19.6 Å². The molecule has 1 aromatic carbocycles. The van der Waals surface area contributed by atoms with Crippen LogP contribution in [0.3, 0.4) is 0 Å². The maximum Gasteiger partial charge on any atom is 0.299 e. The second-order valence-corrected chi connectivity index (χ2v) is 3.13. The Morgan fingerprint density at radius 2 is 1.55 bits per heavy atom. The summed E-state index contributed by atoms with van der Waals surface area (Å²) < 4.78 is 15.0. The molecule has 10 heteroatoms. The Kier molecular flexibility index (Phi) is 7.04. The van der Waals surface area contributed by atoms with Crippen LogP contribution >= 0.6 is 0 Å². The van der Waals surface area contributed by atoms with E-state index < -0.39 is 5.09 Å².